The number of carbonyl (C=O) groups is 1. The Bertz CT molecular complexity index is 922. The van der Waals surface area contributed by atoms with E-state index in [1.54, 1.807) is 12.3 Å². The zero-order valence-electron chi connectivity index (χ0n) is 13.2. The van der Waals surface area contributed by atoms with Crippen LogP contribution < -0.4 is 10.6 Å². The minimum atomic E-state index is -4.28. The van der Waals surface area contributed by atoms with Crippen LogP contribution in [0.1, 0.15) is 5.56 Å². The number of thioether (sulfide) groups is 1. The molecule has 3 rings (SSSR count). The highest BCUT2D eigenvalue weighted by molar-refractivity contribution is 7.99. The maximum absolute atomic E-state index is 13.3. The van der Waals surface area contributed by atoms with Crippen molar-refractivity contribution in [2.24, 2.45) is 0 Å². The van der Waals surface area contributed by atoms with Gasteiger partial charge < -0.3 is 15.6 Å². The molecule has 0 saturated carbocycles. The van der Waals surface area contributed by atoms with Crippen molar-refractivity contribution in [1.29, 1.82) is 0 Å². The van der Waals surface area contributed by atoms with E-state index in [0.29, 0.717) is 27.8 Å². The minimum absolute atomic E-state index is 0.122. The molecule has 3 N–H and O–H groups in total. The largest absolute Gasteiger partial charge is 0.442 e. The zero-order valence-corrected chi connectivity index (χ0v) is 14.0. The number of alkyl halides is 3. The quantitative estimate of drug-likeness (QED) is 0.506. The van der Waals surface area contributed by atoms with E-state index in [1.807, 2.05) is 0 Å². The summed E-state index contributed by atoms with van der Waals surface area (Å²) in [7, 11) is 0. The van der Waals surface area contributed by atoms with Gasteiger partial charge in [-0.25, -0.2) is 9.18 Å². The molecule has 0 aliphatic carbocycles. The number of anilines is 2. The fourth-order valence-corrected chi connectivity index (χ4v) is 2.85. The van der Waals surface area contributed by atoms with Crippen LogP contribution in [0.3, 0.4) is 0 Å². The first kappa shape index (κ1) is 18.1. The molecule has 26 heavy (non-hydrogen) atoms. The summed E-state index contributed by atoms with van der Waals surface area (Å²) in [6, 6.07) is 9.67. The van der Waals surface area contributed by atoms with Gasteiger partial charge in [0.25, 0.3) is 0 Å². The molecular formula is C17H13F4N3OS. The van der Waals surface area contributed by atoms with Crippen LogP contribution in [-0.2, 0) is 5.75 Å². The molecule has 0 unspecified atom stereocenters. The number of aromatic amines is 1. The van der Waals surface area contributed by atoms with Crippen LogP contribution in [0.2, 0.25) is 0 Å². The first-order chi connectivity index (χ1) is 12.3. The van der Waals surface area contributed by atoms with Crippen molar-refractivity contribution in [2.75, 3.05) is 10.6 Å². The normalized spacial score (nSPS) is 11.5. The highest BCUT2D eigenvalue weighted by Crippen LogP contribution is 2.33. The smallest absolute Gasteiger partial charge is 0.359 e. The van der Waals surface area contributed by atoms with Crippen molar-refractivity contribution in [3.8, 4) is 0 Å². The molecule has 0 atom stereocenters. The molecule has 0 saturated heterocycles. The van der Waals surface area contributed by atoms with Gasteiger partial charge in [-0.2, -0.15) is 13.2 Å². The lowest BCUT2D eigenvalue weighted by molar-refractivity contribution is -0.0329. The topological polar surface area (TPSA) is 56.9 Å². The number of benzene rings is 2. The van der Waals surface area contributed by atoms with E-state index >= 15 is 0 Å². The average Bonchev–Trinajstić information content (AvgIpc) is 2.95. The van der Waals surface area contributed by atoms with Gasteiger partial charge in [0.1, 0.15) is 5.82 Å². The van der Waals surface area contributed by atoms with Crippen LogP contribution in [0, 0.1) is 5.82 Å². The Morgan fingerprint density at radius 1 is 1.08 bits per heavy atom. The van der Waals surface area contributed by atoms with Gasteiger partial charge in [0.05, 0.1) is 5.69 Å². The molecule has 0 aliphatic heterocycles. The summed E-state index contributed by atoms with van der Waals surface area (Å²) in [5.41, 5.74) is -2.28. The molecule has 2 amide bonds. The Balaban J connectivity index is 1.61. The molecule has 0 spiro atoms. The van der Waals surface area contributed by atoms with Gasteiger partial charge in [-0.1, -0.05) is 12.1 Å². The van der Waals surface area contributed by atoms with Crippen LogP contribution in [0.4, 0.5) is 33.7 Å². The lowest BCUT2D eigenvalue weighted by Gasteiger charge is -2.09. The standard InChI is InChI=1S/C17H13F4N3OS/c18-11-3-6-14-13(7-11)15(8-22-14)24-16(25)23-12-4-1-10(2-5-12)9-26-17(19,20)21/h1-8,22H,9H2,(H2,23,24,25). The highest BCUT2D eigenvalue weighted by Gasteiger charge is 2.27. The van der Waals surface area contributed by atoms with Crippen LogP contribution in [0.15, 0.2) is 48.7 Å². The van der Waals surface area contributed by atoms with Crippen molar-refractivity contribution >= 4 is 40.1 Å². The molecule has 2 aromatic carbocycles. The number of H-pyrrole nitrogens is 1. The monoisotopic (exact) mass is 383 g/mol. The molecule has 1 heterocycles. The number of rotatable bonds is 4. The fourth-order valence-electron chi connectivity index (χ4n) is 2.33. The number of aromatic nitrogens is 1. The number of hydrogen-bond donors (Lipinski definition) is 3. The molecule has 0 radical (unpaired) electrons. The maximum atomic E-state index is 13.3. The van der Waals surface area contributed by atoms with Gasteiger partial charge in [-0.15, -0.1) is 0 Å². The number of nitrogens with one attached hydrogen (secondary N) is 3. The summed E-state index contributed by atoms with van der Waals surface area (Å²) in [6.07, 6.45) is 1.54. The lowest BCUT2D eigenvalue weighted by Crippen LogP contribution is -2.19. The third-order valence-electron chi connectivity index (χ3n) is 3.51. The van der Waals surface area contributed by atoms with Crippen molar-refractivity contribution in [2.45, 2.75) is 11.3 Å². The first-order valence-corrected chi connectivity index (χ1v) is 8.43. The second kappa shape index (κ2) is 7.28. The molecule has 0 bridgehead atoms. The molecule has 3 aromatic rings. The summed E-state index contributed by atoms with van der Waals surface area (Å²) >= 11 is -0.122. The fraction of sp³-hybridized carbons (Fsp3) is 0.118. The van der Waals surface area contributed by atoms with Gasteiger partial charge in [-0.3, -0.25) is 0 Å². The highest BCUT2D eigenvalue weighted by atomic mass is 32.2. The Morgan fingerprint density at radius 3 is 2.50 bits per heavy atom. The molecular weight excluding hydrogens is 370 g/mol. The van der Waals surface area contributed by atoms with Gasteiger partial charge in [0.2, 0.25) is 0 Å². The van der Waals surface area contributed by atoms with E-state index < -0.39 is 17.4 Å². The predicted molar refractivity (Wildman–Crippen MR) is 94.7 cm³/mol. The summed E-state index contributed by atoms with van der Waals surface area (Å²) < 4.78 is 49.9. The van der Waals surface area contributed by atoms with Gasteiger partial charge >= 0.3 is 11.5 Å². The number of carbonyl (C=O) groups excluding carboxylic acids is 1. The van der Waals surface area contributed by atoms with Crippen LogP contribution in [-0.4, -0.2) is 16.5 Å². The van der Waals surface area contributed by atoms with Crippen LogP contribution >= 0.6 is 11.8 Å². The predicted octanol–water partition coefficient (Wildman–Crippen LogP) is 5.70. The van der Waals surface area contributed by atoms with Crippen molar-refractivity contribution in [1.82, 2.24) is 4.98 Å². The molecule has 0 aliphatic rings. The molecule has 1 aromatic heterocycles. The van der Waals surface area contributed by atoms with Gasteiger partial charge in [0.15, 0.2) is 0 Å². The number of halogens is 4. The third kappa shape index (κ3) is 4.69. The maximum Gasteiger partial charge on any atom is 0.442 e. The number of fused-ring (bicyclic) bond motifs is 1. The average molecular weight is 383 g/mol. The Hall–Kier alpha value is -2.68. The van der Waals surface area contributed by atoms with E-state index in [4.69, 9.17) is 0 Å². The minimum Gasteiger partial charge on any atom is -0.359 e. The van der Waals surface area contributed by atoms with E-state index in [1.165, 1.54) is 36.4 Å². The summed E-state index contributed by atoms with van der Waals surface area (Å²) in [6.45, 7) is 0. The van der Waals surface area contributed by atoms with E-state index in [-0.39, 0.29) is 17.5 Å². The second-order valence-electron chi connectivity index (χ2n) is 5.40. The third-order valence-corrected chi connectivity index (χ3v) is 4.31. The molecule has 0 fully saturated rings. The van der Waals surface area contributed by atoms with E-state index in [0.717, 1.165) is 0 Å². The molecule has 4 nitrogen and oxygen atoms in total. The molecule has 9 heteroatoms. The summed E-state index contributed by atoms with van der Waals surface area (Å²) in [5, 5.41) is 5.70. The Kier molecular flexibility index (Phi) is 5.08. The summed E-state index contributed by atoms with van der Waals surface area (Å²) in [4.78, 5) is 15.0. The zero-order chi connectivity index (χ0) is 18.7. The van der Waals surface area contributed by atoms with Gasteiger partial charge in [-0.05, 0) is 47.7 Å². The first-order valence-electron chi connectivity index (χ1n) is 7.44. The van der Waals surface area contributed by atoms with Crippen molar-refractivity contribution in [3.63, 3.8) is 0 Å². The number of hydrogen-bond acceptors (Lipinski definition) is 2. The Morgan fingerprint density at radius 2 is 1.81 bits per heavy atom. The van der Waals surface area contributed by atoms with Crippen LogP contribution in [0.5, 0.6) is 0 Å². The van der Waals surface area contributed by atoms with E-state index in [2.05, 4.69) is 15.6 Å². The van der Waals surface area contributed by atoms with Gasteiger partial charge in [0, 0.05) is 28.5 Å². The van der Waals surface area contributed by atoms with Crippen LogP contribution in [0.25, 0.3) is 10.9 Å². The van der Waals surface area contributed by atoms with E-state index in [9.17, 15) is 22.4 Å². The number of amides is 2. The number of urea groups is 1. The van der Waals surface area contributed by atoms with Crippen molar-refractivity contribution in [3.05, 3.63) is 60.0 Å². The lowest BCUT2D eigenvalue weighted by atomic mass is 10.2. The SMILES string of the molecule is O=C(Nc1ccc(CSC(F)(F)F)cc1)Nc1c[nH]c2ccc(F)cc12. The van der Waals surface area contributed by atoms with Crippen molar-refractivity contribution < 1.29 is 22.4 Å². The molecule has 136 valence electrons. The second-order valence-corrected chi connectivity index (χ2v) is 6.44. The Labute approximate surface area is 150 Å². The summed E-state index contributed by atoms with van der Waals surface area (Å²) in [5.74, 6) is -0.621.